The molecule has 0 aromatic heterocycles. The molecule has 22 heavy (non-hydrogen) atoms. The maximum atomic E-state index is 13.2. The molecule has 0 spiro atoms. The molecule has 7 heteroatoms. The van der Waals surface area contributed by atoms with Crippen LogP contribution in [0.25, 0.3) is 0 Å². The first-order valence-corrected chi connectivity index (χ1v) is 6.58. The molecule has 0 unspecified atom stereocenters. The fraction of sp³-hybridized carbons (Fsp3) is 0.0667. The van der Waals surface area contributed by atoms with Crippen molar-refractivity contribution in [2.75, 3.05) is 12.4 Å². The van der Waals surface area contributed by atoms with E-state index in [1.807, 2.05) is 0 Å². The quantitative estimate of drug-likeness (QED) is 0.852. The summed E-state index contributed by atoms with van der Waals surface area (Å²) >= 11 is 5.73. The number of nitrogens with one attached hydrogen (secondary N) is 2. The van der Waals surface area contributed by atoms with Crippen molar-refractivity contribution >= 4 is 29.1 Å². The van der Waals surface area contributed by atoms with Crippen molar-refractivity contribution < 1.29 is 18.4 Å². The molecule has 0 aliphatic carbocycles. The third-order valence-electron chi connectivity index (χ3n) is 2.89. The van der Waals surface area contributed by atoms with E-state index in [4.69, 9.17) is 11.6 Å². The van der Waals surface area contributed by atoms with Crippen LogP contribution in [-0.2, 0) is 0 Å². The molecule has 4 nitrogen and oxygen atoms in total. The zero-order chi connectivity index (χ0) is 16.3. The van der Waals surface area contributed by atoms with Crippen molar-refractivity contribution in [2.24, 2.45) is 0 Å². The van der Waals surface area contributed by atoms with Crippen LogP contribution in [0.3, 0.4) is 0 Å². The van der Waals surface area contributed by atoms with Gasteiger partial charge in [0.05, 0.1) is 10.6 Å². The van der Waals surface area contributed by atoms with Gasteiger partial charge in [-0.3, -0.25) is 9.59 Å². The van der Waals surface area contributed by atoms with E-state index < -0.39 is 17.5 Å². The summed E-state index contributed by atoms with van der Waals surface area (Å²) in [6.45, 7) is 0. The zero-order valence-corrected chi connectivity index (χ0v) is 12.2. The van der Waals surface area contributed by atoms with E-state index in [-0.39, 0.29) is 16.5 Å². The lowest BCUT2D eigenvalue weighted by Crippen LogP contribution is -2.18. The standard InChI is InChI=1S/C15H11ClF2N2O2/c1-19-14(21)8-2-4-9(5-3-8)20-15(22)10-6-12(17)13(18)7-11(10)16/h2-7H,1H3,(H,19,21)(H,20,22). The van der Waals surface area contributed by atoms with Crippen LogP contribution in [-0.4, -0.2) is 18.9 Å². The van der Waals surface area contributed by atoms with Gasteiger partial charge in [0.2, 0.25) is 0 Å². The van der Waals surface area contributed by atoms with Gasteiger partial charge in [0.15, 0.2) is 11.6 Å². The topological polar surface area (TPSA) is 58.2 Å². The Morgan fingerprint density at radius 3 is 2.18 bits per heavy atom. The van der Waals surface area contributed by atoms with Crippen molar-refractivity contribution in [3.05, 3.63) is 64.2 Å². The fourth-order valence-corrected chi connectivity index (χ4v) is 1.98. The highest BCUT2D eigenvalue weighted by Crippen LogP contribution is 2.21. The van der Waals surface area contributed by atoms with Gasteiger partial charge in [0.1, 0.15) is 0 Å². The van der Waals surface area contributed by atoms with Crippen molar-refractivity contribution in [2.45, 2.75) is 0 Å². The van der Waals surface area contributed by atoms with Crippen molar-refractivity contribution in [3.63, 3.8) is 0 Å². The predicted octanol–water partition coefficient (Wildman–Crippen LogP) is 3.23. The Morgan fingerprint density at radius 2 is 1.59 bits per heavy atom. The number of benzene rings is 2. The van der Waals surface area contributed by atoms with Crippen molar-refractivity contribution in [3.8, 4) is 0 Å². The number of carbonyl (C=O) groups excluding carboxylic acids is 2. The molecule has 0 heterocycles. The van der Waals surface area contributed by atoms with Crippen LogP contribution >= 0.6 is 11.6 Å². The molecule has 2 amide bonds. The molecule has 2 aromatic rings. The van der Waals surface area contributed by atoms with Gasteiger partial charge in [-0.05, 0) is 36.4 Å². The number of amides is 2. The Bertz CT molecular complexity index is 733. The molecule has 0 bridgehead atoms. The highest BCUT2D eigenvalue weighted by atomic mass is 35.5. The largest absolute Gasteiger partial charge is 0.355 e. The first-order chi connectivity index (χ1) is 10.4. The average Bonchev–Trinajstić information content (AvgIpc) is 2.50. The monoisotopic (exact) mass is 324 g/mol. The van der Waals surface area contributed by atoms with Gasteiger partial charge >= 0.3 is 0 Å². The number of hydrogen-bond acceptors (Lipinski definition) is 2. The molecule has 0 fully saturated rings. The summed E-state index contributed by atoms with van der Waals surface area (Å²) in [7, 11) is 1.50. The second-order valence-corrected chi connectivity index (χ2v) is 4.76. The SMILES string of the molecule is CNC(=O)c1ccc(NC(=O)c2cc(F)c(F)cc2Cl)cc1. The zero-order valence-electron chi connectivity index (χ0n) is 11.4. The molecular weight excluding hydrogens is 314 g/mol. The highest BCUT2D eigenvalue weighted by molar-refractivity contribution is 6.34. The Balaban J connectivity index is 2.19. The van der Waals surface area contributed by atoms with Crippen LogP contribution in [0.15, 0.2) is 36.4 Å². The van der Waals surface area contributed by atoms with Gasteiger partial charge in [-0.25, -0.2) is 8.78 Å². The smallest absolute Gasteiger partial charge is 0.257 e. The second-order valence-electron chi connectivity index (χ2n) is 4.36. The van der Waals surface area contributed by atoms with Crippen LogP contribution in [0.1, 0.15) is 20.7 Å². The highest BCUT2D eigenvalue weighted by Gasteiger charge is 2.15. The third-order valence-corrected chi connectivity index (χ3v) is 3.20. The Morgan fingerprint density at radius 1 is 1.00 bits per heavy atom. The molecule has 0 aliphatic heterocycles. The molecule has 0 aliphatic rings. The van der Waals surface area contributed by atoms with E-state index in [1.165, 1.54) is 31.3 Å². The molecule has 2 aromatic carbocycles. The fourth-order valence-electron chi connectivity index (χ4n) is 1.74. The average molecular weight is 325 g/mol. The summed E-state index contributed by atoms with van der Waals surface area (Å²) in [6.07, 6.45) is 0. The van der Waals surface area contributed by atoms with E-state index >= 15 is 0 Å². The molecular formula is C15H11ClF2N2O2. The lowest BCUT2D eigenvalue weighted by molar-refractivity contribution is 0.0962. The molecule has 0 atom stereocenters. The normalized spacial score (nSPS) is 10.2. The van der Waals surface area contributed by atoms with Crippen LogP contribution in [0.2, 0.25) is 5.02 Å². The minimum absolute atomic E-state index is 0.184. The third kappa shape index (κ3) is 3.40. The van der Waals surface area contributed by atoms with Crippen LogP contribution in [0, 0.1) is 11.6 Å². The Hall–Kier alpha value is -2.47. The van der Waals surface area contributed by atoms with Crippen LogP contribution in [0.4, 0.5) is 14.5 Å². The van der Waals surface area contributed by atoms with Gasteiger partial charge in [-0.1, -0.05) is 11.6 Å². The van der Waals surface area contributed by atoms with Crippen LogP contribution in [0.5, 0.6) is 0 Å². The summed E-state index contributed by atoms with van der Waals surface area (Å²) in [5.74, 6) is -3.24. The minimum Gasteiger partial charge on any atom is -0.355 e. The van der Waals surface area contributed by atoms with E-state index in [0.29, 0.717) is 11.3 Å². The summed E-state index contributed by atoms with van der Waals surface area (Å²) < 4.78 is 26.2. The van der Waals surface area contributed by atoms with Gasteiger partial charge in [-0.2, -0.15) is 0 Å². The van der Waals surface area contributed by atoms with E-state index in [9.17, 15) is 18.4 Å². The van der Waals surface area contributed by atoms with E-state index in [2.05, 4.69) is 10.6 Å². The first kappa shape index (κ1) is 15.9. The number of hydrogen-bond donors (Lipinski definition) is 2. The molecule has 2 rings (SSSR count). The lowest BCUT2D eigenvalue weighted by atomic mass is 10.1. The molecule has 114 valence electrons. The van der Waals surface area contributed by atoms with E-state index in [1.54, 1.807) is 0 Å². The predicted molar refractivity (Wildman–Crippen MR) is 79.2 cm³/mol. The van der Waals surface area contributed by atoms with Gasteiger partial charge < -0.3 is 10.6 Å². The number of anilines is 1. The number of rotatable bonds is 3. The van der Waals surface area contributed by atoms with Crippen LogP contribution < -0.4 is 10.6 Å². The minimum atomic E-state index is -1.16. The lowest BCUT2D eigenvalue weighted by Gasteiger charge is -2.08. The summed E-state index contributed by atoms with van der Waals surface area (Å²) in [5.41, 5.74) is 0.626. The molecule has 0 saturated carbocycles. The first-order valence-electron chi connectivity index (χ1n) is 6.20. The maximum absolute atomic E-state index is 13.2. The van der Waals surface area contributed by atoms with E-state index in [0.717, 1.165) is 12.1 Å². The van der Waals surface area contributed by atoms with Crippen molar-refractivity contribution in [1.82, 2.24) is 5.32 Å². The van der Waals surface area contributed by atoms with Gasteiger partial charge in [0, 0.05) is 18.3 Å². The summed E-state index contributed by atoms with van der Waals surface area (Å²) in [4.78, 5) is 23.4. The Kier molecular flexibility index (Phi) is 4.72. The number of carbonyl (C=O) groups is 2. The van der Waals surface area contributed by atoms with Crippen molar-refractivity contribution in [1.29, 1.82) is 0 Å². The Labute approximate surface area is 130 Å². The summed E-state index contributed by atoms with van der Waals surface area (Å²) in [6, 6.07) is 7.52. The van der Waals surface area contributed by atoms with Gasteiger partial charge in [0.25, 0.3) is 11.8 Å². The molecule has 2 N–H and O–H groups in total. The number of halogens is 3. The van der Waals surface area contributed by atoms with Gasteiger partial charge in [-0.15, -0.1) is 0 Å². The second kappa shape index (κ2) is 6.53. The maximum Gasteiger partial charge on any atom is 0.257 e. The molecule has 0 saturated heterocycles. The summed E-state index contributed by atoms with van der Waals surface area (Å²) in [5, 5.41) is 4.76. The molecule has 0 radical (unpaired) electrons.